The zero-order chi connectivity index (χ0) is 14.4. The normalized spacial score (nSPS) is 12.2. The topological polar surface area (TPSA) is 84.2 Å². The average Bonchev–Trinajstić information content (AvgIpc) is 2.61. The van der Waals surface area contributed by atoms with Gasteiger partial charge in [0.05, 0.1) is 5.69 Å². The largest absolute Gasteiger partial charge is 0.481 e. The van der Waals surface area contributed by atoms with E-state index in [-0.39, 0.29) is 18.2 Å². The molecule has 6 nitrogen and oxygen atoms in total. The second kappa shape index (κ2) is 6.92. The van der Waals surface area contributed by atoms with Crippen LogP contribution in [-0.2, 0) is 16.1 Å². The van der Waals surface area contributed by atoms with E-state index in [0.29, 0.717) is 19.5 Å². The highest BCUT2D eigenvalue weighted by molar-refractivity contribution is 5.75. The van der Waals surface area contributed by atoms with Gasteiger partial charge < -0.3 is 10.4 Å². The first-order valence-corrected chi connectivity index (χ1v) is 6.38. The summed E-state index contributed by atoms with van der Waals surface area (Å²) in [6, 6.07) is 1.97. The molecule has 19 heavy (non-hydrogen) atoms. The predicted octanol–water partition coefficient (Wildman–Crippen LogP) is 1.12. The van der Waals surface area contributed by atoms with E-state index in [4.69, 9.17) is 5.11 Å². The third-order valence-electron chi connectivity index (χ3n) is 2.82. The van der Waals surface area contributed by atoms with Gasteiger partial charge in [0.15, 0.2) is 0 Å². The molecule has 0 saturated heterocycles. The highest BCUT2D eigenvalue weighted by Gasteiger charge is 2.10. The number of aliphatic carboxylic acids is 1. The first kappa shape index (κ1) is 15.2. The van der Waals surface area contributed by atoms with Crippen molar-refractivity contribution in [1.29, 1.82) is 0 Å². The molecule has 1 amide bonds. The molecule has 2 N–H and O–H groups in total. The van der Waals surface area contributed by atoms with Crippen molar-refractivity contribution in [3.63, 3.8) is 0 Å². The van der Waals surface area contributed by atoms with Gasteiger partial charge in [0.25, 0.3) is 0 Å². The van der Waals surface area contributed by atoms with E-state index >= 15 is 0 Å². The van der Waals surface area contributed by atoms with Crippen LogP contribution in [0.3, 0.4) is 0 Å². The van der Waals surface area contributed by atoms with Crippen molar-refractivity contribution in [2.75, 3.05) is 6.54 Å². The summed E-state index contributed by atoms with van der Waals surface area (Å²) in [7, 11) is 0. The number of aryl methyl sites for hydroxylation is 3. The Hall–Kier alpha value is -1.85. The molecule has 0 spiro atoms. The van der Waals surface area contributed by atoms with E-state index in [1.807, 2.05) is 19.9 Å². The van der Waals surface area contributed by atoms with Crippen molar-refractivity contribution in [2.45, 2.75) is 40.2 Å². The Kier molecular flexibility index (Phi) is 5.54. The zero-order valence-electron chi connectivity index (χ0n) is 11.6. The molecule has 1 aromatic rings. The number of amides is 1. The van der Waals surface area contributed by atoms with E-state index in [1.165, 1.54) is 0 Å². The van der Waals surface area contributed by atoms with Crippen molar-refractivity contribution in [3.05, 3.63) is 17.5 Å². The molecule has 1 aromatic heterocycles. The summed E-state index contributed by atoms with van der Waals surface area (Å²) >= 11 is 0. The number of nitrogens with one attached hydrogen (secondary N) is 1. The smallest absolute Gasteiger partial charge is 0.303 e. The fourth-order valence-electron chi connectivity index (χ4n) is 1.86. The lowest BCUT2D eigenvalue weighted by Crippen LogP contribution is -2.30. The van der Waals surface area contributed by atoms with Gasteiger partial charge in [-0.15, -0.1) is 0 Å². The molecule has 0 saturated carbocycles. The quantitative estimate of drug-likeness (QED) is 0.775. The van der Waals surface area contributed by atoms with E-state index < -0.39 is 5.97 Å². The Labute approximate surface area is 112 Å². The summed E-state index contributed by atoms with van der Waals surface area (Å²) in [5.41, 5.74) is 1.97. The van der Waals surface area contributed by atoms with Crippen molar-refractivity contribution in [2.24, 2.45) is 5.92 Å². The van der Waals surface area contributed by atoms with Gasteiger partial charge in [-0.25, -0.2) is 0 Å². The molecular formula is C13H21N3O3. The van der Waals surface area contributed by atoms with Crippen molar-refractivity contribution >= 4 is 11.9 Å². The van der Waals surface area contributed by atoms with Crippen LogP contribution < -0.4 is 5.32 Å². The lowest BCUT2D eigenvalue weighted by atomic mass is 10.1. The lowest BCUT2D eigenvalue weighted by Gasteiger charge is -2.10. The summed E-state index contributed by atoms with van der Waals surface area (Å²) in [5, 5.41) is 15.6. The second-order valence-electron chi connectivity index (χ2n) is 4.91. The van der Waals surface area contributed by atoms with Crippen LogP contribution in [-0.4, -0.2) is 33.3 Å². The Balaban J connectivity index is 2.28. The maximum atomic E-state index is 11.6. The van der Waals surface area contributed by atoms with Gasteiger partial charge in [-0.2, -0.15) is 5.10 Å². The predicted molar refractivity (Wildman–Crippen MR) is 70.7 cm³/mol. The molecule has 6 heteroatoms. The number of carbonyl (C=O) groups is 2. The first-order chi connectivity index (χ1) is 8.88. The number of carboxylic acid groups (broad SMARTS) is 1. The molecule has 1 atom stereocenters. The van der Waals surface area contributed by atoms with Crippen LogP contribution in [0.4, 0.5) is 0 Å². The number of carboxylic acids is 1. The third kappa shape index (κ3) is 5.54. The van der Waals surface area contributed by atoms with Gasteiger partial charge in [-0.3, -0.25) is 14.3 Å². The molecule has 0 aromatic carbocycles. The fourth-order valence-corrected chi connectivity index (χ4v) is 1.86. The Bertz CT molecular complexity index is 454. The molecule has 1 heterocycles. The van der Waals surface area contributed by atoms with Gasteiger partial charge in [-0.05, 0) is 25.8 Å². The highest BCUT2D eigenvalue weighted by Crippen LogP contribution is 2.03. The van der Waals surface area contributed by atoms with Gasteiger partial charge in [0.1, 0.15) is 0 Å². The second-order valence-corrected chi connectivity index (χ2v) is 4.91. The monoisotopic (exact) mass is 267 g/mol. The average molecular weight is 267 g/mol. The maximum absolute atomic E-state index is 11.6. The summed E-state index contributed by atoms with van der Waals surface area (Å²) in [5.74, 6) is -0.982. The highest BCUT2D eigenvalue weighted by atomic mass is 16.4. The van der Waals surface area contributed by atoms with Crippen LogP contribution in [0, 0.1) is 19.8 Å². The van der Waals surface area contributed by atoms with Gasteiger partial charge in [0, 0.05) is 31.6 Å². The minimum absolute atomic E-state index is 0.0601. The number of hydrogen-bond acceptors (Lipinski definition) is 3. The third-order valence-corrected chi connectivity index (χ3v) is 2.82. The number of rotatable bonds is 7. The van der Waals surface area contributed by atoms with Crippen LogP contribution in [0.5, 0.6) is 0 Å². The van der Waals surface area contributed by atoms with E-state index in [1.54, 1.807) is 11.6 Å². The molecular weight excluding hydrogens is 246 g/mol. The Morgan fingerprint density at radius 1 is 1.47 bits per heavy atom. The molecule has 106 valence electrons. The SMILES string of the molecule is Cc1cc(C)n(CCC(=O)NCC(C)CC(=O)O)n1. The van der Waals surface area contributed by atoms with Crippen LogP contribution >= 0.6 is 0 Å². The molecule has 0 bridgehead atoms. The minimum atomic E-state index is -0.843. The van der Waals surface area contributed by atoms with Crippen molar-refractivity contribution < 1.29 is 14.7 Å². The Morgan fingerprint density at radius 3 is 2.68 bits per heavy atom. The number of aromatic nitrogens is 2. The zero-order valence-corrected chi connectivity index (χ0v) is 11.6. The summed E-state index contributed by atoms with van der Waals surface area (Å²) in [4.78, 5) is 22.1. The fraction of sp³-hybridized carbons (Fsp3) is 0.615. The lowest BCUT2D eigenvalue weighted by molar-refractivity contribution is -0.138. The maximum Gasteiger partial charge on any atom is 0.303 e. The molecule has 0 aliphatic heterocycles. The van der Waals surface area contributed by atoms with E-state index in [9.17, 15) is 9.59 Å². The molecule has 0 aliphatic rings. The number of hydrogen-bond donors (Lipinski definition) is 2. The van der Waals surface area contributed by atoms with Crippen LogP contribution in [0.1, 0.15) is 31.2 Å². The number of carbonyl (C=O) groups excluding carboxylic acids is 1. The molecule has 0 radical (unpaired) electrons. The summed E-state index contributed by atoms with van der Waals surface area (Å²) < 4.78 is 1.80. The van der Waals surface area contributed by atoms with E-state index in [2.05, 4.69) is 10.4 Å². The van der Waals surface area contributed by atoms with Crippen LogP contribution in [0.2, 0.25) is 0 Å². The van der Waals surface area contributed by atoms with Crippen LogP contribution in [0.15, 0.2) is 6.07 Å². The van der Waals surface area contributed by atoms with E-state index in [0.717, 1.165) is 11.4 Å². The summed E-state index contributed by atoms with van der Waals surface area (Å²) in [6.07, 6.45) is 0.416. The van der Waals surface area contributed by atoms with Gasteiger partial charge in [-0.1, -0.05) is 6.92 Å². The molecule has 0 fully saturated rings. The first-order valence-electron chi connectivity index (χ1n) is 6.38. The van der Waals surface area contributed by atoms with Gasteiger partial charge >= 0.3 is 5.97 Å². The van der Waals surface area contributed by atoms with Crippen molar-refractivity contribution in [1.82, 2.24) is 15.1 Å². The minimum Gasteiger partial charge on any atom is -0.481 e. The Morgan fingerprint density at radius 2 is 2.16 bits per heavy atom. The summed E-state index contributed by atoms with van der Waals surface area (Å²) in [6.45, 7) is 6.60. The standard InChI is InChI=1S/C13H21N3O3/c1-9(6-13(18)19)8-14-12(17)4-5-16-11(3)7-10(2)15-16/h7,9H,4-6,8H2,1-3H3,(H,14,17)(H,18,19). The molecule has 0 aliphatic carbocycles. The van der Waals surface area contributed by atoms with Crippen molar-refractivity contribution in [3.8, 4) is 0 Å². The molecule has 1 rings (SSSR count). The van der Waals surface area contributed by atoms with Gasteiger partial charge in [0.2, 0.25) is 5.91 Å². The number of nitrogens with zero attached hydrogens (tertiary/aromatic N) is 2. The molecule has 1 unspecified atom stereocenters. The van der Waals surface area contributed by atoms with Crippen LogP contribution in [0.25, 0.3) is 0 Å².